The lowest BCUT2D eigenvalue weighted by Crippen LogP contribution is -2.39. The van der Waals surface area contributed by atoms with Crippen LogP contribution in [0, 0.1) is 6.92 Å². The fraction of sp³-hybridized carbons (Fsp3) is 0.500. The number of hydrogen-bond donors (Lipinski definition) is 3. The number of nitrogens with one attached hydrogen (secondary N) is 3. The van der Waals surface area contributed by atoms with Crippen LogP contribution < -0.4 is 10.0 Å². The normalized spacial score (nSPS) is 13.7. The largest absolute Gasteiger partial charge is 0.342 e. The molecule has 0 radical (unpaired) electrons. The first-order valence-corrected chi connectivity index (χ1v) is 8.71. The van der Waals surface area contributed by atoms with Crippen molar-refractivity contribution in [2.24, 2.45) is 0 Å². The Hall–Kier alpha value is -1.44. The van der Waals surface area contributed by atoms with Crippen molar-refractivity contribution in [3.05, 3.63) is 29.6 Å². The van der Waals surface area contributed by atoms with Crippen molar-refractivity contribution >= 4 is 21.1 Å². The molecule has 1 heterocycles. The Balaban J connectivity index is 1.89. The van der Waals surface area contributed by atoms with Crippen LogP contribution >= 0.6 is 0 Å². The van der Waals surface area contributed by atoms with Crippen LogP contribution in [0.5, 0.6) is 0 Å². The topological polar surface area (TPSA) is 86.9 Å². The molecule has 1 unspecified atom stereocenters. The van der Waals surface area contributed by atoms with Gasteiger partial charge >= 0.3 is 0 Å². The summed E-state index contributed by atoms with van der Waals surface area (Å²) in [7, 11) is -3.13. The predicted octanol–water partition coefficient (Wildman–Crippen LogP) is 1.29. The first kappa shape index (κ1) is 15.9. The molecule has 0 aliphatic heterocycles. The molecule has 0 fully saturated rings. The Kier molecular flexibility index (Phi) is 4.97. The highest BCUT2D eigenvalue weighted by Gasteiger charge is 2.09. The van der Waals surface area contributed by atoms with Gasteiger partial charge in [-0.15, -0.1) is 0 Å². The van der Waals surface area contributed by atoms with E-state index in [4.69, 9.17) is 0 Å². The molecule has 0 saturated heterocycles. The van der Waals surface area contributed by atoms with Crippen molar-refractivity contribution in [2.75, 3.05) is 12.3 Å². The number of benzene rings is 1. The highest BCUT2D eigenvalue weighted by Crippen LogP contribution is 2.13. The summed E-state index contributed by atoms with van der Waals surface area (Å²) in [6.07, 6.45) is 0. The SMILES string of the molecule is CCS(=O)(=O)NCC(C)NCc1ccc2nc(C)[nH]c2c1. The van der Waals surface area contributed by atoms with Gasteiger partial charge in [-0.05, 0) is 38.5 Å². The minimum absolute atomic E-state index is 0.0607. The molecular formula is C14H22N4O2S. The molecule has 116 valence electrons. The second-order valence-electron chi connectivity index (χ2n) is 5.21. The zero-order chi connectivity index (χ0) is 15.5. The summed E-state index contributed by atoms with van der Waals surface area (Å²) in [6, 6.07) is 6.13. The number of aromatic nitrogens is 2. The Bertz CT molecular complexity index is 709. The minimum atomic E-state index is -3.13. The summed E-state index contributed by atoms with van der Waals surface area (Å²) >= 11 is 0. The summed E-state index contributed by atoms with van der Waals surface area (Å²) in [5.41, 5.74) is 3.11. The molecule has 0 saturated carbocycles. The highest BCUT2D eigenvalue weighted by atomic mass is 32.2. The average Bonchev–Trinajstić information content (AvgIpc) is 2.82. The van der Waals surface area contributed by atoms with Gasteiger partial charge in [0.25, 0.3) is 0 Å². The molecule has 0 spiro atoms. The number of hydrogen-bond acceptors (Lipinski definition) is 4. The zero-order valence-corrected chi connectivity index (χ0v) is 13.4. The Labute approximate surface area is 125 Å². The van der Waals surface area contributed by atoms with Gasteiger partial charge < -0.3 is 10.3 Å². The quantitative estimate of drug-likeness (QED) is 0.719. The van der Waals surface area contributed by atoms with E-state index in [0.29, 0.717) is 13.1 Å². The van der Waals surface area contributed by atoms with Gasteiger partial charge in [0.1, 0.15) is 5.82 Å². The maximum atomic E-state index is 11.4. The maximum Gasteiger partial charge on any atom is 0.211 e. The molecule has 1 aromatic carbocycles. The molecule has 0 amide bonds. The van der Waals surface area contributed by atoms with Crippen LogP contribution in [0.25, 0.3) is 11.0 Å². The van der Waals surface area contributed by atoms with Gasteiger partial charge in [0, 0.05) is 19.1 Å². The molecule has 7 heteroatoms. The van der Waals surface area contributed by atoms with E-state index in [1.807, 2.05) is 26.0 Å². The molecule has 21 heavy (non-hydrogen) atoms. The van der Waals surface area contributed by atoms with Crippen molar-refractivity contribution in [1.29, 1.82) is 0 Å². The van der Waals surface area contributed by atoms with Crippen molar-refractivity contribution in [1.82, 2.24) is 20.0 Å². The van der Waals surface area contributed by atoms with E-state index in [0.717, 1.165) is 22.4 Å². The summed E-state index contributed by atoms with van der Waals surface area (Å²) in [6.45, 7) is 6.59. The van der Waals surface area contributed by atoms with E-state index >= 15 is 0 Å². The monoisotopic (exact) mass is 310 g/mol. The lowest BCUT2D eigenvalue weighted by atomic mass is 10.2. The minimum Gasteiger partial charge on any atom is -0.342 e. The van der Waals surface area contributed by atoms with E-state index in [9.17, 15) is 8.42 Å². The van der Waals surface area contributed by atoms with Gasteiger partial charge in [-0.2, -0.15) is 0 Å². The maximum absolute atomic E-state index is 11.4. The summed E-state index contributed by atoms with van der Waals surface area (Å²) in [4.78, 5) is 7.57. The van der Waals surface area contributed by atoms with Crippen LogP contribution in [0.2, 0.25) is 0 Å². The fourth-order valence-corrected chi connectivity index (χ4v) is 2.72. The third-order valence-electron chi connectivity index (χ3n) is 3.31. The number of imidazole rings is 1. The first-order chi connectivity index (χ1) is 9.89. The van der Waals surface area contributed by atoms with E-state index in [-0.39, 0.29) is 11.8 Å². The zero-order valence-electron chi connectivity index (χ0n) is 12.6. The van der Waals surface area contributed by atoms with E-state index in [2.05, 4.69) is 26.1 Å². The Morgan fingerprint density at radius 2 is 2.14 bits per heavy atom. The molecule has 3 N–H and O–H groups in total. The number of aromatic amines is 1. The predicted molar refractivity (Wildman–Crippen MR) is 84.6 cm³/mol. The molecule has 6 nitrogen and oxygen atoms in total. The summed E-state index contributed by atoms with van der Waals surface area (Å²) < 4.78 is 25.3. The number of sulfonamides is 1. The van der Waals surface area contributed by atoms with Crippen LogP contribution in [-0.2, 0) is 16.6 Å². The van der Waals surface area contributed by atoms with Crippen LogP contribution in [0.1, 0.15) is 25.2 Å². The van der Waals surface area contributed by atoms with Crippen LogP contribution in [0.15, 0.2) is 18.2 Å². The highest BCUT2D eigenvalue weighted by molar-refractivity contribution is 7.89. The molecule has 0 bridgehead atoms. The van der Waals surface area contributed by atoms with Crippen LogP contribution in [0.3, 0.4) is 0 Å². The lowest BCUT2D eigenvalue weighted by molar-refractivity contribution is 0.525. The smallest absolute Gasteiger partial charge is 0.211 e. The fourth-order valence-electron chi connectivity index (χ4n) is 2.01. The average molecular weight is 310 g/mol. The molecule has 2 aromatic rings. The Morgan fingerprint density at radius 3 is 2.86 bits per heavy atom. The first-order valence-electron chi connectivity index (χ1n) is 7.05. The van der Waals surface area contributed by atoms with E-state index in [1.165, 1.54) is 0 Å². The number of H-pyrrole nitrogens is 1. The second kappa shape index (κ2) is 6.55. The molecule has 2 rings (SSSR count). The van der Waals surface area contributed by atoms with E-state index in [1.54, 1.807) is 6.92 Å². The third kappa shape index (κ3) is 4.52. The molecule has 1 aromatic heterocycles. The van der Waals surface area contributed by atoms with Crippen molar-refractivity contribution in [3.8, 4) is 0 Å². The number of rotatable bonds is 7. The molecule has 0 aliphatic rings. The van der Waals surface area contributed by atoms with Gasteiger partial charge in [0.05, 0.1) is 16.8 Å². The third-order valence-corrected chi connectivity index (χ3v) is 4.68. The van der Waals surface area contributed by atoms with Gasteiger partial charge in [0.15, 0.2) is 0 Å². The van der Waals surface area contributed by atoms with Crippen molar-refractivity contribution in [2.45, 2.75) is 33.4 Å². The van der Waals surface area contributed by atoms with Gasteiger partial charge in [-0.25, -0.2) is 18.1 Å². The standard InChI is InChI=1S/C14H22N4O2S/c1-4-21(19,20)16-8-10(2)15-9-12-5-6-13-14(7-12)18-11(3)17-13/h5-7,10,15-16H,4,8-9H2,1-3H3,(H,17,18). The molecule has 1 atom stereocenters. The number of fused-ring (bicyclic) bond motifs is 1. The molecule has 0 aliphatic carbocycles. The number of aryl methyl sites for hydroxylation is 1. The van der Waals surface area contributed by atoms with Crippen LogP contribution in [-0.4, -0.2) is 36.7 Å². The molecular weight excluding hydrogens is 288 g/mol. The van der Waals surface area contributed by atoms with E-state index < -0.39 is 10.0 Å². The second-order valence-corrected chi connectivity index (χ2v) is 7.30. The van der Waals surface area contributed by atoms with Gasteiger partial charge in [0.2, 0.25) is 10.0 Å². The van der Waals surface area contributed by atoms with Crippen molar-refractivity contribution < 1.29 is 8.42 Å². The number of nitrogens with zero attached hydrogens (tertiary/aromatic N) is 1. The van der Waals surface area contributed by atoms with Crippen LogP contribution in [0.4, 0.5) is 0 Å². The Morgan fingerprint density at radius 1 is 1.38 bits per heavy atom. The summed E-state index contributed by atoms with van der Waals surface area (Å²) in [5.74, 6) is 1.01. The summed E-state index contributed by atoms with van der Waals surface area (Å²) in [5, 5.41) is 3.31. The van der Waals surface area contributed by atoms with Crippen molar-refractivity contribution in [3.63, 3.8) is 0 Å². The van der Waals surface area contributed by atoms with Gasteiger partial charge in [-0.3, -0.25) is 0 Å². The van der Waals surface area contributed by atoms with Gasteiger partial charge in [-0.1, -0.05) is 6.07 Å². The lowest BCUT2D eigenvalue weighted by Gasteiger charge is -2.14.